The van der Waals surface area contributed by atoms with Crippen molar-refractivity contribution in [3.8, 4) is 0 Å². The molecule has 0 saturated carbocycles. The molecule has 0 unspecified atom stereocenters. The highest BCUT2D eigenvalue weighted by Crippen LogP contribution is 2.39. The fourth-order valence-corrected chi connectivity index (χ4v) is 3.54. The predicted octanol–water partition coefficient (Wildman–Crippen LogP) is 0.392. The number of hydrogen-bond donors (Lipinski definition) is 1. The van der Waals surface area contributed by atoms with Crippen LogP contribution in [0.1, 0.15) is 26.2 Å². The maximum atomic E-state index is 12.6. The fourth-order valence-electron chi connectivity index (χ4n) is 3.54. The van der Waals surface area contributed by atoms with Gasteiger partial charge in [-0.15, -0.1) is 0 Å². The van der Waals surface area contributed by atoms with Gasteiger partial charge in [0.2, 0.25) is 5.91 Å². The van der Waals surface area contributed by atoms with Crippen LogP contribution in [0, 0.1) is 5.41 Å². The maximum absolute atomic E-state index is 12.6. The summed E-state index contributed by atoms with van der Waals surface area (Å²) in [6.45, 7) is 6.95. The van der Waals surface area contributed by atoms with E-state index in [1.807, 2.05) is 11.8 Å². The van der Waals surface area contributed by atoms with Gasteiger partial charge in [0.1, 0.15) is 6.04 Å². The lowest BCUT2D eigenvalue weighted by atomic mass is 9.80. The van der Waals surface area contributed by atoms with Crippen LogP contribution in [0.4, 0.5) is 0 Å². The number of likely N-dealkylation sites (tertiary alicyclic amines) is 1. The molecule has 5 heteroatoms. The molecule has 3 fully saturated rings. The summed E-state index contributed by atoms with van der Waals surface area (Å²) in [6.07, 6.45) is 3.30. The second-order valence-electron chi connectivity index (χ2n) is 6.13. The molecule has 0 aromatic carbocycles. The number of nitrogens with zero attached hydrogens (tertiary/aromatic N) is 1. The molecule has 3 rings (SSSR count). The van der Waals surface area contributed by atoms with E-state index in [0.717, 1.165) is 52.1 Å². The van der Waals surface area contributed by atoms with Crippen LogP contribution in [0.15, 0.2) is 0 Å². The summed E-state index contributed by atoms with van der Waals surface area (Å²) in [5, 5.41) is 3.30. The third-order valence-electron chi connectivity index (χ3n) is 4.89. The number of carbonyl (C=O) groups is 1. The SMILES string of the molecule is C[C@H]1OCCN[C@@H]1C(=O)N1CCC2(CCOCC2)C1. The molecular formula is C14H24N2O3. The Morgan fingerprint density at radius 2 is 2.05 bits per heavy atom. The Morgan fingerprint density at radius 1 is 1.26 bits per heavy atom. The van der Waals surface area contributed by atoms with Crippen molar-refractivity contribution in [2.75, 3.05) is 39.5 Å². The third-order valence-corrected chi connectivity index (χ3v) is 4.89. The molecule has 1 amide bonds. The zero-order valence-corrected chi connectivity index (χ0v) is 11.7. The first kappa shape index (κ1) is 13.3. The van der Waals surface area contributed by atoms with E-state index in [-0.39, 0.29) is 18.1 Å². The summed E-state index contributed by atoms with van der Waals surface area (Å²) in [7, 11) is 0. The Bertz CT molecular complexity index is 342. The quantitative estimate of drug-likeness (QED) is 0.747. The van der Waals surface area contributed by atoms with Gasteiger partial charge in [0.15, 0.2) is 0 Å². The minimum Gasteiger partial charge on any atom is -0.381 e. The number of nitrogens with one attached hydrogen (secondary N) is 1. The van der Waals surface area contributed by atoms with Crippen LogP contribution in [-0.4, -0.2) is 62.4 Å². The van der Waals surface area contributed by atoms with Crippen molar-refractivity contribution in [3.05, 3.63) is 0 Å². The number of ether oxygens (including phenoxy) is 2. The summed E-state index contributed by atoms with van der Waals surface area (Å²) >= 11 is 0. The fraction of sp³-hybridized carbons (Fsp3) is 0.929. The van der Waals surface area contributed by atoms with Crippen LogP contribution in [-0.2, 0) is 14.3 Å². The zero-order valence-electron chi connectivity index (χ0n) is 11.7. The van der Waals surface area contributed by atoms with Crippen LogP contribution in [0.5, 0.6) is 0 Å². The lowest BCUT2D eigenvalue weighted by Gasteiger charge is -2.35. The van der Waals surface area contributed by atoms with E-state index in [1.165, 1.54) is 0 Å². The molecule has 1 spiro atoms. The van der Waals surface area contributed by atoms with Gasteiger partial charge in [0.25, 0.3) is 0 Å². The molecule has 0 aromatic rings. The predicted molar refractivity (Wildman–Crippen MR) is 70.9 cm³/mol. The van der Waals surface area contributed by atoms with Crippen LogP contribution in [0.2, 0.25) is 0 Å². The third kappa shape index (κ3) is 2.64. The van der Waals surface area contributed by atoms with Crippen LogP contribution < -0.4 is 5.32 Å². The van der Waals surface area contributed by atoms with Crippen LogP contribution >= 0.6 is 0 Å². The van der Waals surface area contributed by atoms with Crippen molar-refractivity contribution < 1.29 is 14.3 Å². The molecule has 3 aliphatic heterocycles. The van der Waals surface area contributed by atoms with Crippen molar-refractivity contribution in [2.45, 2.75) is 38.3 Å². The monoisotopic (exact) mass is 268 g/mol. The average Bonchev–Trinajstić information content (AvgIpc) is 2.83. The van der Waals surface area contributed by atoms with Crippen molar-refractivity contribution in [1.82, 2.24) is 10.2 Å². The van der Waals surface area contributed by atoms with Crippen molar-refractivity contribution >= 4 is 5.91 Å². The van der Waals surface area contributed by atoms with Crippen molar-refractivity contribution in [3.63, 3.8) is 0 Å². The maximum Gasteiger partial charge on any atom is 0.242 e. The largest absolute Gasteiger partial charge is 0.381 e. The Morgan fingerprint density at radius 3 is 2.79 bits per heavy atom. The molecule has 0 aliphatic carbocycles. The van der Waals surface area contributed by atoms with E-state index in [2.05, 4.69) is 5.32 Å². The van der Waals surface area contributed by atoms with Gasteiger partial charge in [-0.05, 0) is 31.6 Å². The molecule has 1 N–H and O–H groups in total. The highest BCUT2D eigenvalue weighted by atomic mass is 16.5. The van der Waals surface area contributed by atoms with Crippen molar-refractivity contribution in [2.24, 2.45) is 5.41 Å². The van der Waals surface area contributed by atoms with E-state index < -0.39 is 0 Å². The topological polar surface area (TPSA) is 50.8 Å². The lowest BCUT2D eigenvalue weighted by molar-refractivity contribution is -0.139. The van der Waals surface area contributed by atoms with E-state index in [9.17, 15) is 4.79 Å². The molecule has 5 nitrogen and oxygen atoms in total. The van der Waals surface area contributed by atoms with Gasteiger partial charge in [-0.2, -0.15) is 0 Å². The molecular weight excluding hydrogens is 244 g/mol. The van der Waals surface area contributed by atoms with Crippen molar-refractivity contribution in [1.29, 1.82) is 0 Å². The van der Waals surface area contributed by atoms with Gasteiger partial charge in [0.05, 0.1) is 12.7 Å². The Labute approximate surface area is 114 Å². The van der Waals surface area contributed by atoms with E-state index in [0.29, 0.717) is 12.0 Å². The first-order chi connectivity index (χ1) is 9.20. The highest BCUT2D eigenvalue weighted by Gasteiger charge is 2.43. The van der Waals surface area contributed by atoms with Gasteiger partial charge in [0, 0.05) is 32.8 Å². The smallest absolute Gasteiger partial charge is 0.242 e. The molecule has 3 heterocycles. The average molecular weight is 268 g/mol. The Balaban J connectivity index is 1.62. The summed E-state index contributed by atoms with van der Waals surface area (Å²) in [5.74, 6) is 0.218. The first-order valence-corrected chi connectivity index (χ1v) is 7.42. The number of rotatable bonds is 1. The van der Waals surface area contributed by atoms with Gasteiger partial charge in [-0.1, -0.05) is 0 Å². The second-order valence-corrected chi connectivity index (χ2v) is 6.13. The van der Waals surface area contributed by atoms with E-state index >= 15 is 0 Å². The van der Waals surface area contributed by atoms with E-state index in [1.54, 1.807) is 0 Å². The summed E-state index contributed by atoms with van der Waals surface area (Å²) < 4.78 is 11.0. The second kappa shape index (κ2) is 5.38. The number of amides is 1. The molecule has 3 saturated heterocycles. The zero-order chi connectivity index (χ0) is 13.3. The molecule has 0 aromatic heterocycles. The summed E-state index contributed by atoms with van der Waals surface area (Å²) in [5.41, 5.74) is 0.326. The highest BCUT2D eigenvalue weighted by molar-refractivity contribution is 5.83. The Hall–Kier alpha value is -0.650. The van der Waals surface area contributed by atoms with Gasteiger partial charge in [-0.3, -0.25) is 4.79 Å². The minimum absolute atomic E-state index is 0.0208. The lowest BCUT2D eigenvalue weighted by Crippen LogP contribution is -2.56. The van der Waals surface area contributed by atoms with Gasteiger partial charge in [-0.25, -0.2) is 0 Å². The minimum atomic E-state index is -0.163. The number of morpholine rings is 1. The van der Waals surface area contributed by atoms with Crippen LogP contribution in [0.3, 0.4) is 0 Å². The molecule has 19 heavy (non-hydrogen) atoms. The van der Waals surface area contributed by atoms with E-state index in [4.69, 9.17) is 9.47 Å². The Kier molecular flexibility index (Phi) is 3.78. The molecule has 2 atom stereocenters. The molecule has 3 aliphatic rings. The number of hydrogen-bond acceptors (Lipinski definition) is 4. The van der Waals surface area contributed by atoms with Crippen LogP contribution in [0.25, 0.3) is 0 Å². The molecule has 0 radical (unpaired) electrons. The molecule has 0 bridgehead atoms. The molecule has 108 valence electrons. The first-order valence-electron chi connectivity index (χ1n) is 7.42. The van der Waals surface area contributed by atoms with Gasteiger partial charge >= 0.3 is 0 Å². The standard InChI is InChI=1S/C14H24N2O3/c1-11-12(15-5-9-19-11)13(17)16-6-2-14(10-16)3-7-18-8-4-14/h11-12,15H,2-10H2,1H3/t11-,12+/m1/s1. The van der Waals surface area contributed by atoms with Gasteiger partial charge < -0.3 is 19.7 Å². The summed E-state index contributed by atoms with van der Waals surface area (Å²) in [6, 6.07) is -0.163. The summed E-state index contributed by atoms with van der Waals surface area (Å²) in [4.78, 5) is 14.6. The number of carbonyl (C=O) groups excluding carboxylic acids is 1. The normalized spacial score (nSPS) is 34.7.